The van der Waals surface area contributed by atoms with Gasteiger partial charge in [0, 0.05) is 12.5 Å². The topological polar surface area (TPSA) is 64.3 Å². The van der Waals surface area contributed by atoms with Crippen LogP contribution in [0.25, 0.3) is 0 Å². The largest absolute Gasteiger partial charge is 0.375 e. The first-order chi connectivity index (χ1) is 8.15. The number of nitrogens with one attached hydrogen (secondary N) is 1. The number of rotatable bonds is 7. The molecule has 17 heavy (non-hydrogen) atoms. The van der Waals surface area contributed by atoms with Gasteiger partial charge in [0.05, 0.1) is 13.2 Å². The number of nitrogens with two attached hydrogens (primary N) is 1. The van der Waals surface area contributed by atoms with E-state index in [1.54, 1.807) is 0 Å². The molecule has 0 aromatic rings. The molecule has 0 aromatic carbocycles. The van der Waals surface area contributed by atoms with Crippen LogP contribution in [-0.2, 0) is 9.53 Å². The molecule has 0 saturated heterocycles. The SMILES string of the molecule is C=C(C)COCCNC(=O)C1CCCC1CN. The van der Waals surface area contributed by atoms with Crippen LogP contribution in [0, 0.1) is 11.8 Å². The molecule has 1 amide bonds. The minimum atomic E-state index is 0.112. The second-order valence-corrected chi connectivity index (χ2v) is 4.83. The highest BCUT2D eigenvalue weighted by Gasteiger charge is 2.31. The summed E-state index contributed by atoms with van der Waals surface area (Å²) in [6.45, 7) is 7.95. The van der Waals surface area contributed by atoms with Gasteiger partial charge in [0.2, 0.25) is 5.91 Å². The van der Waals surface area contributed by atoms with E-state index in [-0.39, 0.29) is 11.8 Å². The fourth-order valence-corrected chi connectivity index (χ4v) is 2.29. The number of hydrogen-bond acceptors (Lipinski definition) is 3. The van der Waals surface area contributed by atoms with Crippen molar-refractivity contribution in [1.82, 2.24) is 5.32 Å². The zero-order chi connectivity index (χ0) is 12.7. The summed E-state index contributed by atoms with van der Waals surface area (Å²) in [7, 11) is 0. The predicted octanol–water partition coefficient (Wildman–Crippen LogP) is 1.07. The molecule has 0 aliphatic heterocycles. The lowest BCUT2D eigenvalue weighted by atomic mass is 9.95. The summed E-state index contributed by atoms with van der Waals surface area (Å²) in [5, 5.41) is 2.91. The van der Waals surface area contributed by atoms with Crippen molar-refractivity contribution >= 4 is 5.91 Å². The second kappa shape index (κ2) is 7.45. The van der Waals surface area contributed by atoms with E-state index in [0.717, 1.165) is 24.8 Å². The number of hydrogen-bond donors (Lipinski definition) is 2. The molecule has 3 N–H and O–H groups in total. The van der Waals surface area contributed by atoms with Crippen molar-refractivity contribution in [3.8, 4) is 0 Å². The van der Waals surface area contributed by atoms with Gasteiger partial charge in [0.15, 0.2) is 0 Å². The summed E-state index contributed by atoms with van der Waals surface area (Å²) >= 11 is 0. The molecule has 4 heteroatoms. The Labute approximate surface area is 104 Å². The van der Waals surface area contributed by atoms with Crippen LogP contribution in [0.15, 0.2) is 12.2 Å². The third kappa shape index (κ3) is 4.88. The maximum atomic E-state index is 11.9. The maximum Gasteiger partial charge on any atom is 0.223 e. The molecule has 1 rings (SSSR count). The van der Waals surface area contributed by atoms with Gasteiger partial charge in [-0.05, 0) is 32.2 Å². The molecular weight excluding hydrogens is 216 g/mol. The van der Waals surface area contributed by atoms with Crippen molar-refractivity contribution < 1.29 is 9.53 Å². The van der Waals surface area contributed by atoms with Gasteiger partial charge in [-0.1, -0.05) is 18.6 Å². The van der Waals surface area contributed by atoms with Crippen LogP contribution in [0.5, 0.6) is 0 Å². The summed E-state index contributed by atoms with van der Waals surface area (Å²) in [6, 6.07) is 0. The summed E-state index contributed by atoms with van der Waals surface area (Å²) in [5.41, 5.74) is 6.65. The van der Waals surface area contributed by atoms with Crippen LogP contribution >= 0.6 is 0 Å². The van der Waals surface area contributed by atoms with Gasteiger partial charge < -0.3 is 15.8 Å². The number of ether oxygens (including phenoxy) is 1. The Hall–Kier alpha value is -0.870. The van der Waals surface area contributed by atoms with Gasteiger partial charge in [0.1, 0.15) is 0 Å². The average Bonchev–Trinajstić information content (AvgIpc) is 2.75. The van der Waals surface area contributed by atoms with Gasteiger partial charge in [0.25, 0.3) is 0 Å². The Bertz CT molecular complexity index is 266. The van der Waals surface area contributed by atoms with Crippen LogP contribution in [0.4, 0.5) is 0 Å². The zero-order valence-electron chi connectivity index (χ0n) is 10.7. The Kier molecular flexibility index (Phi) is 6.22. The van der Waals surface area contributed by atoms with Crippen molar-refractivity contribution in [2.75, 3.05) is 26.3 Å². The normalized spacial score (nSPS) is 23.6. The summed E-state index contributed by atoms with van der Waals surface area (Å²) < 4.78 is 5.32. The molecular formula is C13H24N2O2. The van der Waals surface area contributed by atoms with E-state index in [4.69, 9.17) is 10.5 Å². The van der Waals surface area contributed by atoms with E-state index in [2.05, 4.69) is 11.9 Å². The Morgan fingerprint density at radius 3 is 2.94 bits per heavy atom. The van der Waals surface area contributed by atoms with Crippen LogP contribution in [0.3, 0.4) is 0 Å². The minimum absolute atomic E-state index is 0.112. The third-order valence-corrected chi connectivity index (χ3v) is 3.19. The fraction of sp³-hybridized carbons (Fsp3) is 0.769. The van der Waals surface area contributed by atoms with Gasteiger partial charge in [-0.3, -0.25) is 4.79 Å². The molecule has 0 bridgehead atoms. The van der Waals surface area contributed by atoms with E-state index in [1.165, 1.54) is 0 Å². The molecule has 0 spiro atoms. The van der Waals surface area contributed by atoms with E-state index in [9.17, 15) is 4.79 Å². The van der Waals surface area contributed by atoms with Crippen LogP contribution in [0.2, 0.25) is 0 Å². The number of amides is 1. The zero-order valence-corrected chi connectivity index (χ0v) is 10.7. The molecule has 0 aromatic heterocycles. The average molecular weight is 240 g/mol. The highest BCUT2D eigenvalue weighted by molar-refractivity contribution is 5.79. The monoisotopic (exact) mass is 240 g/mol. The summed E-state index contributed by atoms with van der Waals surface area (Å²) in [6.07, 6.45) is 3.17. The summed E-state index contributed by atoms with van der Waals surface area (Å²) in [4.78, 5) is 11.9. The lowest BCUT2D eigenvalue weighted by Crippen LogP contribution is -2.36. The van der Waals surface area contributed by atoms with Gasteiger partial charge in [-0.15, -0.1) is 0 Å². The minimum Gasteiger partial charge on any atom is -0.375 e. The molecule has 1 aliphatic carbocycles. The smallest absolute Gasteiger partial charge is 0.223 e. The van der Waals surface area contributed by atoms with E-state index < -0.39 is 0 Å². The fourth-order valence-electron chi connectivity index (χ4n) is 2.29. The summed E-state index contributed by atoms with van der Waals surface area (Å²) in [5.74, 6) is 0.615. The van der Waals surface area contributed by atoms with Crippen molar-refractivity contribution in [1.29, 1.82) is 0 Å². The Morgan fingerprint density at radius 1 is 1.53 bits per heavy atom. The van der Waals surface area contributed by atoms with Gasteiger partial charge in [-0.2, -0.15) is 0 Å². The van der Waals surface area contributed by atoms with E-state index >= 15 is 0 Å². The lowest BCUT2D eigenvalue weighted by molar-refractivity contribution is -0.126. The van der Waals surface area contributed by atoms with Gasteiger partial charge >= 0.3 is 0 Å². The van der Waals surface area contributed by atoms with Crippen molar-refractivity contribution in [2.24, 2.45) is 17.6 Å². The molecule has 2 unspecified atom stereocenters. The third-order valence-electron chi connectivity index (χ3n) is 3.19. The lowest BCUT2D eigenvalue weighted by Gasteiger charge is -2.17. The molecule has 2 atom stereocenters. The first-order valence-corrected chi connectivity index (χ1v) is 6.35. The van der Waals surface area contributed by atoms with Crippen molar-refractivity contribution in [3.05, 3.63) is 12.2 Å². The highest BCUT2D eigenvalue weighted by atomic mass is 16.5. The van der Waals surface area contributed by atoms with Crippen LogP contribution in [-0.4, -0.2) is 32.2 Å². The van der Waals surface area contributed by atoms with Crippen LogP contribution in [0.1, 0.15) is 26.2 Å². The molecule has 0 heterocycles. The molecule has 1 aliphatic rings. The number of carbonyl (C=O) groups is 1. The van der Waals surface area contributed by atoms with E-state index in [1.807, 2.05) is 6.92 Å². The number of carbonyl (C=O) groups excluding carboxylic acids is 1. The quantitative estimate of drug-likeness (QED) is 0.517. The standard InChI is InChI=1S/C13H24N2O2/c1-10(2)9-17-7-6-15-13(16)12-5-3-4-11(12)8-14/h11-12H,1,3-9,14H2,2H3,(H,15,16). The maximum absolute atomic E-state index is 11.9. The van der Waals surface area contributed by atoms with E-state index in [0.29, 0.717) is 32.2 Å². The van der Waals surface area contributed by atoms with Crippen LogP contribution < -0.4 is 11.1 Å². The Balaban J connectivity index is 2.14. The highest BCUT2D eigenvalue weighted by Crippen LogP contribution is 2.30. The molecule has 0 radical (unpaired) electrons. The Morgan fingerprint density at radius 2 is 2.29 bits per heavy atom. The van der Waals surface area contributed by atoms with Crippen molar-refractivity contribution in [3.63, 3.8) is 0 Å². The van der Waals surface area contributed by atoms with Gasteiger partial charge in [-0.25, -0.2) is 0 Å². The molecule has 1 saturated carbocycles. The molecule has 4 nitrogen and oxygen atoms in total. The first-order valence-electron chi connectivity index (χ1n) is 6.35. The molecule has 1 fully saturated rings. The second-order valence-electron chi connectivity index (χ2n) is 4.83. The predicted molar refractivity (Wildman–Crippen MR) is 68.5 cm³/mol. The first kappa shape index (κ1) is 14.2. The molecule has 98 valence electrons. The van der Waals surface area contributed by atoms with Crippen molar-refractivity contribution in [2.45, 2.75) is 26.2 Å².